The topological polar surface area (TPSA) is 29.5 Å². The number of cyclic esters (lactones) is 1. The fraction of sp³-hybridized carbons (Fsp3) is 0.700. The molecule has 0 aromatic heterocycles. The molecule has 0 aromatic carbocycles. The van der Waals surface area contributed by atoms with Gasteiger partial charge in [-0.1, -0.05) is 13.0 Å². The second kappa shape index (κ2) is 3.05. The summed E-state index contributed by atoms with van der Waals surface area (Å²) in [6, 6.07) is 0.306. The second-order valence-corrected chi connectivity index (χ2v) is 3.85. The number of amides is 1. The highest BCUT2D eigenvalue weighted by molar-refractivity contribution is 5.71. The van der Waals surface area contributed by atoms with E-state index in [2.05, 4.69) is 6.58 Å². The molecule has 0 aliphatic carbocycles. The van der Waals surface area contributed by atoms with Crippen molar-refractivity contribution in [1.82, 2.24) is 4.90 Å². The zero-order chi connectivity index (χ0) is 9.42. The van der Waals surface area contributed by atoms with Crippen LogP contribution in [0.25, 0.3) is 0 Å². The first-order chi connectivity index (χ1) is 6.24. The lowest BCUT2D eigenvalue weighted by Crippen LogP contribution is -2.33. The Morgan fingerprint density at radius 2 is 2.54 bits per heavy atom. The molecule has 2 saturated heterocycles. The van der Waals surface area contributed by atoms with Crippen molar-refractivity contribution >= 4 is 6.09 Å². The van der Waals surface area contributed by atoms with Gasteiger partial charge in [0.2, 0.25) is 0 Å². The summed E-state index contributed by atoms with van der Waals surface area (Å²) in [4.78, 5) is 13.2. The summed E-state index contributed by atoms with van der Waals surface area (Å²) in [5, 5.41) is 0. The molecule has 0 saturated carbocycles. The maximum absolute atomic E-state index is 11.4. The molecule has 0 radical (unpaired) electrons. The van der Waals surface area contributed by atoms with Crippen LogP contribution in [-0.4, -0.2) is 29.7 Å². The van der Waals surface area contributed by atoms with Crippen LogP contribution in [0.2, 0.25) is 0 Å². The Bertz CT molecular complexity index is 239. The van der Waals surface area contributed by atoms with Gasteiger partial charge < -0.3 is 9.64 Å². The quantitative estimate of drug-likeness (QED) is 0.608. The average Bonchev–Trinajstić information content (AvgIpc) is 2.68. The number of carbonyl (C=O) groups is 1. The Kier molecular flexibility index (Phi) is 2.02. The molecule has 2 fully saturated rings. The van der Waals surface area contributed by atoms with Crippen LogP contribution in [0.1, 0.15) is 19.8 Å². The van der Waals surface area contributed by atoms with Crippen molar-refractivity contribution in [2.75, 3.05) is 6.54 Å². The van der Waals surface area contributed by atoms with Gasteiger partial charge in [-0.15, -0.1) is 6.58 Å². The summed E-state index contributed by atoms with van der Waals surface area (Å²) in [6.07, 6.45) is 3.95. The van der Waals surface area contributed by atoms with Crippen molar-refractivity contribution in [2.24, 2.45) is 5.92 Å². The molecule has 3 atom stereocenters. The van der Waals surface area contributed by atoms with E-state index < -0.39 is 0 Å². The van der Waals surface area contributed by atoms with Crippen LogP contribution in [0.3, 0.4) is 0 Å². The van der Waals surface area contributed by atoms with Crippen molar-refractivity contribution in [1.29, 1.82) is 0 Å². The van der Waals surface area contributed by atoms with E-state index in [1.807, 2.05) is 17.9 Å². The molecular formula is C10H15NO2. The van der Waals surface area contributed by atoms with Crippen molar-refractivity contribution in [3.63, 3.8) is 0 Å². The zero-order valence-electron chi connectivity index (χ0n) is 7.90. The molecule has 2 rings (SSSR count). The van der Waals surface area contributed by atoms with Gasteiger partial charge in [0, 0.05) is 12.5 Å². The van der Waals surface area contributed by atoms with Crippen molar-refractivity contribution in [2.45, 2.75) is 31.9 Å². The third kappa shape index (κ3) is 1.23. The number of hydrogen-bond acceptors (Lipinski definition) is 2. The number of hydrogen-bond donors (Lipinski definition) is 0. The second-order valence-electron chi connectivity index (χ2n) is 3.85. The number of rotatable bonds is 2. The van der Waals surface area contributed by atoms with Crippen LogP contribution in [0.15, 0.2) is 12.7 Å². The lowest BCUT2D eigenvalue weighted by molar-refractivity contribution is 0.107. The van der Waals surface area contributed by atoms with Crippen LogP contribution in [0, 0.1) is 5.92 Å². The van der Waals surface area contributed by atoms with E-state index >= 15 is 0 Å². The van der Waals surface area contributed by atoms with E-state index in [1.54, 1.807) is 0 Å². The Hall–Kier alpha value is -0.990. The minimum absolute atomic E-state index is 0.0347. The predicted octanol–water partition coefficient (Wildman–Crippen LogP) is 1.79. The summed E-state index contributed by atoms with van der Waals surface area (Å²) < 4.78 is 5.30. The summed E-state index contributed by atoms with van der Waals surface area (Å²) >= 11 is 0. The summed E-state index contributed by atoms with van der Waals surface area (Å²) in [7, 11) is 0. The van der Waals surface area contributed by atoms with Gasteiger partial charge in [-0.25, -0.2) is 4.79 Å². The monoisotopic (exact) mass is 181 g/mol. The Balaban J connectivity index is 2.14. The largest absolute Gasteiger partial charge is 0.443 e. The molecule has 72 valence electrons. The fourth-order valence-electron chi connectivity index (χ4n) is 2.22. The number of carbonyl (C=O) groups excluding carboxylic acids is 1. The minimum atomic E-state index is -0.138. The van der Waals surface area contributed by atoms with E-state index in [1.165, 1.54) is 0 Å². The predicted molar refractivity (Wildman–Crippen MR) is 49.4 cm³/mol. The lowest BCUT2D eigenvalue weighted by Gasteiger charge is -2.19. The molecule has 3 nitrogen and oxygen atoms in total. The van der Waals surface area contributed by atoms with E-state index in [0.717, 1.165) is 19.4 Å². The van der Waals surface area contributed by atoms with Gasteiger partial charge in [0.05, 0.1) is 6.04 Å². The minimum Gasteiger partial charge on any atom is -0.443 e. The van der Waals surface area contributed by atoms with E-state index in [9.17, 15) is 4.79 Å². The molecular weight excluding hydrogens is 166 g/mol. The summed E-state index contributed by atoms with van der Waals surface area (Å²) in [6.45, 7) is 6.65. The zero-order valence-corrected chi connectivity index (χ0v) is 7.90. The molecule has 0 unspecified atom stereocenters. The van der Waals surface area contributed by atoms with Crippen LogP contribution >= 0.6 is 0 Å². The number of fused-ring (bicyclic) bond motifs is 1. The molecule has 3 heteroatoms. The normalized spacial score (nSPS) is 34.2. The van der Waals surface area contributed by atoms with Gasteiger partial charge in [0.1, 0.15) is 6.10 Å². The highest BCUT2D eigenvalue weighted by Crippen LogP contribution is 2.32. The molecule has 1 amide bonds. The van der Waals surface area contributed by atoms with Gasteiger partial charge in [-0.2, -0.15) is 0 Å². The van der Waals surface area contributed by atoms with Gasteiger partial charge in [-0.3, -0.25) is 0 Å². The van der Waals surface area contributed by atoms with Gasteiger partial charge >= 0.3 is 6.09 Å². The highest BCUT2D eigenvalue weighted by Gasteiger charge is 2.45. The third-order valence-electron chi connectivity index (χ3n) is 3.04. The third-order valence-corrected chi connectivity index (χ3v) is 3.04. The lowest BCUT2D eigenvalue weighted by atomic mass is 9.97. The highest BCUT2D eigenvalue weighted by atomic mass is 16.6. The van der Waals surface area contributed by atoms with Gasteiger partial charge in [0.25, 0.3) is 0 Å². The summed E-state index contributed by atoms with van der Waals surface area (Å²) in [5.74, 6) is 0.261. The molecule has 2 aliphatic rings. The first kappa shape index (κ1) is 8.60. The molecule has 0 bridgehead atoms. The standard InChI is InChI=1S/C10H15NO2/c1-3-7(2)9-8-5-4-6-11(8)10(12)13-9/h3,7-9H,1,4-6H2,2H3/t7-,8-,9+/m0/s1. The molecule has 0 spiro atoms. The first-order valence-corrected chi connectivity index (χ1v) is 4.84. The van der Waals surface area contributed by atoms with Crippen LogP contribution in [0.4, 0.5) is 4.79 Å². The van der Waals surface area contributed by atoms with Crippen LogP contribution in [0.5, 0.6) is 0 Å². The fourth-order valence-corrected chi connectivity index (χ4v) is 2.22. The Morgan fingerprint density at radius 1 is 1.77 bits per heavy atom. The van der Waals surface area contributed by atoms with Crippen molar-refractivity contribution < 1.29 is 9.53 Å². The Labute approximate surface area is 78.4 Å². The average molecular weight is 181 g/mol. The number of nitrogens with zero attached hydrogens (tertiary/aromatic N) is 1. The first-order valence-electron chi connectivity index (χ1n) is 4.84. The maximum Gasteiger partial charge on any atom is 0.410 e. The smallest absolute Gasteiger partial charge is 0.410 e. The van der Waals surface area contributed by atoms with Gasteiger partial charge in [0.15, 0.2) is 0 Å². The SMILES string of the molecule is C=C[C@H](C)[C@H]1OC(=O)N2CCC[C@@H]12. The molecule has 0 N–H and O–H groups in total. The van der Waals surface area contributed by atoms with Crippen LogP contribution < -0.4 is 0 Å². The summed E-state index contributed by atoms with van der Waals surface area (Å²) in [5.41, 5.74) is 0. The van der Waals surface area contributed by atoms with E-state index in [4.69, 9.17) is 4.74 Å². The van der Waals surface area contributed by atoms with Gasteiger partial charge in [-0.05, 0) is 12.8 Å². The molecule has 2 heterocycles. The maximum atomic E-state index is 11.4. The Morgan fingerprint density at radius 3 is 3.23 bits per heavy atom. The number of ether oxygens (including phenoxy) is 1. The van der Waals surface area contributed by atoms with Crippen LogP contribution in [-0.2, 0) is 4.74 Å². The molecule has 2 aliphatic heterocycles. The molecule has 13 heavy (non-hydrogen) atoms. The van der Waals surface area contributed by atoms with Crippen molar-refractivity contribution in [3.8, 4) is 0 Å². The van der Waals surface area contributed by atoms with Crippen molar-refractivity contribution in [3.05, 3.63) is 12.7 Å². The van der Waals surface area contributed by atoms with E-state index in [-0.39, 0.29) is 18.1 Å². The molecule has 0 aromatic rings. The van der Waals surface area contributed by atoms with E-state index in [0.29, 0.717) is 6.04 Å².